The average Bonchev–Trinajstić information content (AvgIpc) is 2.22. The van der Waals surface area contributed by atoms with Crippen LogP contribution in [0.25, 0.3) is 5.52 Å². The number of halogens is 4. The summed E-state index contributed by atoms with van der Waals surface area (Å²) in [6, 6.07) is 4.91. The monoisotopic (exact) mass is 291 g/mol. The third-order valence-electron chi connectivity index (χ3n) is 2.13. The van der Waals surface area contributed by atoms with E-state index >= 15 is 0 Å². The molecule has 6 heteroatoms. The van der Waals surface area contributed by atoms with Crippen LogP contribution in [0.3, 0.4) is 0 Å². The lowest BCUT2D eigenvalue weighted by atomic mass is 10.2. The summed E-state index contributed by atoms with van der Waals surface area (Å²) >= 11 is 3.17. The van der Waals surface area contributed by atoms with E-state index < -0.39 is 17.3 Å². The zero-order chi connectivity index (χ0) is 11.9. The lowest BCUT2D eigenvalue weighted by Gasteiger charge is -2.09. The second-order valence-corrected chi connectivity index (χ2v) is 4.04. The van der Waals surface area contributed by atoms with Gasteiger partial charge in [0.15, 0.2) is 0 Å². The van der Waals surface area contributed by atoms with E-state index in [4.69, 9.17) is 0 Å². The maximum Gasteiger partial charge on any atom is 0.417 e. The van der Waals surface area contributed by atoms with Gasteiger partial charge in [0.25, 0.3) is 5.56 Å². The van der Waals surface area contributed by atoms with Crippen LogP contribution in [-0.2, 0) is 6.18 Å². The van der Waals surface area contributed by atoms with Crippen molar-refractivity contribution in [2.45, 2.75) is 6.18 Å². The van der Waals surface area contributed by atoms with Crippen LogP contribution in [0.2, 0.25) is 0 Å². The van der Waals surface area contributed by atoms with Gasteiger partial charge in [-0.3, -0.25) is 9.20 Å². The first kappa shape index (κ1) is 11.2. The van der Waals surface area contributed by atoms with Crippen molar-refractivity contribution in [1.29, 1.82) is 0 Å². The maximum absolute atomic E-state index is 12.4. The van der Waals surface area contributed by atoms with Crippen LogP contribution < -0.4 is 5.56 Å². The lowest BCUT2D eigenvalue weighted by molar-refractivity contribution is -0.137. The molecule has 0 radical (unpaired) electrons. The predicted molar refractivity (Wildman–Crippen MR) is 56.4 cm³/mol. The molecule has 0 saturated carbocycles. The molecule has 2 aromatic rings. The molecule has 0 spiro atoms. The third kappa shape index (κ3) is 1.84. The van der Waals surface area contributed by atoms with Gasteiger partial charge >= 0.3 is 6.18 Å². The van der Waals surface area contributed by atoms with Crippen LogP contribution in [0.5, 0.6) is 0 Å². The Morgan fingerprint density at radius 3 is 2.44 bits per heavy atom. The van der Waals surface area contributed by atoms with Crippen molar-refractivity contribution in [3.63, 3.8) is 0 Å². The number of aromatic nitrogens is 1. The van der Waals surface area contributed by atoms with Crippen LogP contribution in [0, 0.1) is 0 Å². The van der Waals surface area contributed by atoms with Crippen molar-refractivity contribution in [3.8, 4) is 0 Å². The van der Waals surface area contributed by atoms with Gasteiger partial charge in [0.2, 0.25) is 0 Å². The quantitative estimate of drug-likeness (QED) is 0.731. The Bertz CT molecular complexity index is 603. The Labute approximate surface area is 96.5 Å². The van der Waals surface area contributed by atoms with Crippen LogP contribution >= 0.6 is 15.9 Å². The minimum Gasteiger partial charge on any atom is -0.283 e. The molecule has 0 aromatic carbocycles. The third-order valence-corrected chi connectivity index (χ3v) is 2.80. The van der Waals surface area contributed by atoms with Crippen molar-refractivity contribution in [2.24, 2.45) is 0 Å². The first-order chi connectivity index (χ1) is 7.39. The zero-order valence-electron chi connectivity index (χ0n) is 7.75. The van der Waals surface area contributed by atoms with Gasteiger partial charge in [0.1, 0.15) is 0 Å². The number of hydrogen-bond donors (Lipinski definition) is 0. The molecule has 0 aliphatic heterocycles. The molecule has 0 aliphatic carbocycles. The number of pyridine rings is 2. The summed E-state index contributed by atoms with van der Waals surface area (Å²) in [7, 11) is 0. The number of hydrogen-bond acceptors (Lipinski definition) is 1. The highest BCUT2D eigenvalue weighted by atomic mass is 79.9. The van der Waals surface area contributed by atoms with E-state index in [1.54, 1.807) is 0 Å². The highest BCUT2D eigenvalue weighted by Gasteiger charge is 2.30. The first-order valence-electron chi connectivity index (χ1n) is 4.28. The Morgan fingerprint density at radius 1 is 1.12 bits per heavy atom. The first-order valence-corrected chi connectivity index (χ1v) is 5.07. The van der Waals surface area contributed by atoms with Gasteiger partial charge in [-0.1, -0.05) is 0 Å². The molecule has 0 bridgehead atoms. The molecular formula is C10H5BrF3NO. The topological polar surface area (TPSA) is 21.5 Å². The summed E-state index contributed by atoms with van der Waals surface area (Å²) in [5.41, 5.74) is -0.940. The van der Waals surface area contributed by atoms with Crippen LogP contribution in [0.4, 0.5) is 13.2 Å². The van der Waals surface area contributed by atoms with Crippen molar-refractivity contribution in [2.75, 3.05) is 0 Å². The lowest BCUT2D eigenvalue weighted by Crippen LogP contribution is -2.15. The van der Waals surface area contributed by atoms with Crippen molar-refractivity contribution in [3.05, 3.63) is 50.9 Å². The normalized spacial score (nSPS) is 12.0. The molecule has 0 fully saturated rings. The van der Waals surface area contributed by atoms with Gasteiger partial charge in [-0.15, -0.1) is 0 Å². The fraction of sp³-hybridized carbons (Fsp3) is 0.100. The van der Waals surface area contributed by atoms with Crippen molar-refractivity contribution < 1.29 is 13.2 Å². The molecule has 0 amide bonds. The van der Waals surface area contributed by atoms with E-state index in [0.29, 0.717) is 9.99 Å². The van der Waals surface area contributed by atoms with Crippen LogP contribution in [0.1, 0.15) is 5.56 Å². The molecule has 0 atom stereocenters. The summed E-state index contributed by atoms with van der Waals surface area (Å²) in [6.07, 6.45) is -3.65. The van der Waals surface area contributed by atoms with Crippen LogP contribution in [0.15, 0.2) is 39.7 Å². The van der Waals surface area contributed by atoms with Gasteiger partial charge in [0, 0.05) is 16.7 Å². The van der Waals surface area contributed by atoms with Gasteiger partial charge in [-0.05, 0) is 34.1 Å². The summed E-state index contributed by atoms with van der Waals surface area (Å²) in [5, 5.41) is 0. The average molecular weight is 292 g/mol. The van der Waals surface area contributed by atoms with Crippen molar-refractivity contribution >= 4 is 21.4 Å². The van der Waals surface area contributed by atoms with Crippen molar-refractivity contribution in [1.82, 2.24) is 4.40 Å². The van der Waals surface area contributed by atoms with E-state index in [1.165, 1.54) is 18.2 Å². The molecule has 2 rings (SSSR count). The fourth-order valence-corrected chi connectivity index (χ4v) is 1.81. The molecule has 0 unspecified atom stereocenters. The van der Waals surface area contributed by atoms with Gasteiger partial charge in [0.05, 0.1) is 11.1 Å². The Hall–Kier alpha value is -1.30. The number of rotatable bonds is 0. The fourth-order valence-electron chi connectivity index (χ4n) is 1.36. The smallest absolute Gasteiger partial charge is 0.283 e. The van der Waals surface area contributed by atoms with E-state index in [9.17, 15) is 18.0 Å². The number of nitrogens with zero attached hydrogens (tertiary/aromatic N) is 1. The van der Waals surface area contributed by atoms with E-state index in [-0.39, 0.29) is 0 Å². The molecule has 2 heterocycles. The minimum atomic E-state index is -4.45. The van der Waals surface area contributed by atoms with Gasteiger partial charge in [-0.25, -0.2) is 0 Å². The second-order valence-electron chi connectivity index (χ2n) is 3.19. The summed E-state index contributed by atoms with van der Waals surface area (Å²) in [4.78, 5) is 11.4. The molecule has 84 valence electrons. The van der Waals surface area contributed by atoms with Gasteiger partial charge < -0.3 is 0 Å². The standard InChI is InChI=1S/C10H5BrF3NO/c11-7-2-4-9(16)15-5-6(10(12,13)14)1-3-8(7)15/h1-5H. The molecule has 0 saturated heterocycles. The minimum absolute atomic E-state index is 0.403. The predicted octanol–water partition coefficient (Wildman–Crippen LogP) is 3.08. The molecule has 0 N–H and O–H groups in total. The van der Waals surface area contributed by atoms with Gasteiger partial charge in [-0.2, -0.15) is 13.2 Å². The molecular weight excluding hydrogens is 287 g/mol. The Balaban J connectivity index is 2.81. The largest absolute Gasteiger partial charge is 0.417 e. The van der Waals surface area contributed by atoms with E-state index in [0.717, 1.165) is 16.7 Å². The summed E-state index contributed by atoms with van der Waals surface area (Å²) < 4.78 is 38.8. The highest BCUT2D eigenvalue weighted by Crippen LogP contribution is 2.29. The second kappa shape index (κ2) is 3.62. The molecule has 2 nitrogen and oxygen atoms in total. The van der Waals surface area contributed by atoms with Crippen LogP contribution in [-0.4, -0.2) is 4.40 Å². The molecule has 16 heavy (non-hydrogen) atoms. The number of fused-ring (bicyclic) bond motifs is 1. The van der Waals surface area contributed by atoms with E-state index in [1.807, 2.05) is 0 Å². The Morgan fingerprint density at radius 2 is 1.81 bits per heavy atom. The summed E-state index contributed by atoms with van der Waals surface area (Å²) in [5.74, 6) is 0. The maximum atomic E-state index is 12.4. The SMILES string of the molecule is O=c1ccc(Br)c2ccc(C(F)(F)F)cn12. The number of alkyl halides is 3. The zero-order valence-corrected chi connectivity index (χ0v) is 9.34. The molecule has 2 aromatic heterocycles. The van der Waals surface area contributed by atoms with E-state index in [2.05, 4.69) is 15.9 Å². The highest BCUT2D eigenvalue weighted by molar-refractivity contribution is 9.10. The Kier molecular flexibility index (Phi) is 2.53. The molecule has 0 aliphatic rings. The summed E-state index contributed by atoms with van der Waals surface area (Å²) in [6.45, 7) is 0.